The van der Waals surface area contributed by atoms with Crippen LogP contribution in [-0.4, -0.2) is 29.9 Å². The van der Waals surface area contributed by atoms with Crippen molar-refractivity contribution in [1.29, 1.82) is 0 Å². The van der Waals surface area contributed by atoms with Gasteiger partial charge in [-0.05, 0) is 32.0 Å². The monoisotopic (exact) mass is 293 g/mol. The summed E-state index contributed by atoms with van der Waals surface area (Å²) in [5, 5.41) is 11.8. The summed E-state index contributed by atoms with van der Waals surface area (Å²) in [7, 11) is 0. The van der Waals surface area contributed by atoms with Crippen molar-refractivity contribution in [3.8, 4) is 22.1 Å². The average molecular weight is 293 g/mol. The minimum atomic E-state index is 0.122. The van der Waals surface area contributed by atoms with Gasteiger partial charge in [0.15, 0.2) is 11.5 Å². The lowest BCUT2D eigenvalue weighted by atomic mass is 10.2. The Kier molecular flexibility index (Phi) is 5.38. The molecule has 0 atom stereocenters. The van der Waals surface area contributed by atoms with Gasteiger partial charge in [-0.2, -0.15) is 0 Å². The number of rotatable bonds is 7. The van der Waals surface area contributed by atoms with Crippen LogP contribution >= 0.6 is 11.3 Å². The molecule has 0 saturated heterocycles. The fourth-order valence-electron chi connectivity index (χ4n) is 1.85. The number of aromatic nitrogens is 1. The zero-order valence-corrected chi connectivity index (χ0v) is 12.6. The third kappa shape index (κ3) is 3.49. The Balaban J connectivity index is 2.28. The van der Waals surface area contributed by atoms with Crippen molar-refractivity contribution < 1.29 is 14.6 Å². The molecule has 1 aromatic carbocycles. The Morgan fingerprint density at radius 1 is 1.15 bits per heavy atom. The van der Waals surface area contributed by atoms with Gasteiger partial charge in [-0.25, -0.2) is 4.98 Å². The van der Waals surface area contributed by atoms with E-state index < -0.39 is 0 Å². The van der Waals surface area contributed by atoms with Gasteiger partial charge in [-0.1, -0.05) is 0 Å². The molecule has 108 valence electrons. The highest BCUT2D eigenvalue weighted by Gasteiger charge is 2.10. The van der Waals surface area contributed by atoms with E-state index in [0.717, 1.165) is 27.8 Å². The van der Waals surface area contributed by atoms with E-state index in [0.29, 0.717) is 19.6 Å². The summed E-state index contributed by atoms with van der Waals surface area (Å²) < 4.78 is 11.2. The Bertz CT molecular complexity index is 554. The fourth-order valence-corrected chi connectivity index (χ4v) is 2.70. The van der Waals surface area contributed by atoms with Gasteiger partial charge in [0.05, 0.1) is 18.9 Å². The van der Waals surface area contributed by atoms with E-state index in [1.807, 2.05) is 37.4 Å². The molecule has 0 spiro atoms. The minimum absolute atomic E-state index is 0.122. The van der Waals surface area contributed by atoms with Gasteiger partial charge in [0.25, 0.3) is 0 Å². The van der Waals surface area contributed by atoms with Crippen LogP contribution in [-0.2, 0) is 6.42 Å². The first-order valence-corrected chi connectivity index (χ1v) is 7.61. The largest absolute Gasteiger partial charge is 0.490 e. The van der Waals surface area contributed by atoms with Crippen LogP contribution in [0.1, 0.15) is 19.5 Å². The van der Waals surface area contributed by atoms with Crippen molar-refractivity contribution in [1.82, 2.24) is 4.98 Å². The summed E-state index contributed by atoms with van der Waals surface area (Å²) in [5.41, 5.74) is 1.92. The highest BCUT2D eigenvalue weighted by molar-refractivity contribution is 7.13. The number of aliphatic hydroxyl groups excluding tert-OH is 1. The molecule has 2 aromatic rings. The molecule has 5 heteroatoms. The van der Waals surface area contributed by atoms with Gasteiger partial charge in [-0.3, -0.25) is 0 Å². The number of nitrogens with zero attached hydrogens (tertiary/aromatic N) is 1. The van der Waals surface area contributed by atoms with Crippen LogP contribution in [0.5, 0.6) is 11.5 Å². The molecule has 0 bridgehead atoms. The normalized spacial score (nSPS) is 10.6. The molecule has 1 aromatic heterocycles. The van der Waals surface area contributed by atoms with Crippen LogP contribution in [0.25, 0.3) is 10.6 Å². The van der Waals surface area contributed by atoms with Crippen LogP contribution < -0.4 is 9.47 Å². The Morgan fingerprint density at radius 3 is 2.60 bits per heavy atom. The van der Waals surface area contributed by atoms with Crippen molar-refractivity contribution in [2.75, 3.05) is 19.8 Å². The van der Waals surface area contributed by atoms with E-state index in [9.17, 15) is 0 Å². The topological polar surface area (TPSA) is 51.6 Å². The van der Waals surface area contributed by atoms with E-state index in [1.54, 1.807) is 11.3 Å². The molecule has 1 heterocycles. The Labute approximate surface area is 123 Å². The lowest BCUT2D eigenvalue weighted by Crippen LogP contribution is -1.98. The van der Waals surface area contributed by atoms with Crippen molar-refractivity contribution in [3.05, 3.63) is 29.3 Å². The highest BCUT2D eigenvalue weighted by atomic mass is 32.1. The molecule has 1 N–H and O–H groups in total. The zero-order chi connectivity index (χ0) is 14.4. The maximum atomic E-state index is 8.94. The predicted octanol–water partition coefficient (Wildman–Crippen LogP) is 3.14. The van der Waals surface area contributed by atoms with E-state index in [4.69, 9.17) is 14.6 Å². The molecule has 0 aliphatic rings. The molecule has 0 saturated carbocycles. The smallest absolute Gasteiger partial charge is 0.161 e. The van der Waals surface area contributed by atoms with Gasteiger partial charge in [0, 0.05) is 24.0 Å². The van der Waals surface area contributed by atoms with Gasteiger partial charge in [0.2, 0.25) is 0 Å². The lowest BCUT2D eigenvalue weighted by molar-refractivity contribution is 0.288. The second kappa shape index (κ2) is 7.26. The molecular weight excluding hydrogens is 274 g/mol. The maximum absolute atomic E-state index is 8.94. The molecule has 0 fully saturated rings. The SMILES string of the molecule is CCOc1ccc(-c2nc(CCO)cs2)cc1OCC. The second-order valence-electron chi connectivity index (χ2n) is 4.15. The maximum Gasteiger partial charge on any atom is 0.161 e. The van der Waals surface area contributed by atoms with E-state index in [1.165, 1.54) is 0 Å². The van der Waals surface area contributed by atoms with Crippen molar-refractivity contribution in [2.24, 2.45) is 0 Å². The first-order valence-electron chi connectivity index (χ1n) is 6.73. The number of hydrogen-bond donors (Lipinski definition) is 1. The third-order valence-corrected chi connectivity index (χ3v) is 3.65. The summed E-state index contributed by atoms with van der Waals surface area (Å²) in [6.45, 7) is 5.22. The predicted molar refractivity (Wildman–Crippen MR) is 80.7 cm³/mol. The standard InChI is InChI=1S/C15H19NO3S/c1-3-18-13-6-5-11(9-14(13)19-4-2)15-16-12(7-8-17)10-20-15/h5-6,9-10,17H,3-4,7-8H2,1-2H3. The summed E-state index contributed by atoms with van der Waals surface area (Å²) in [6.07, 6.45) is 0.589. The summed E-state index contributed by atoms with van der Waals surface area (Å²) >= 11 is 1.57. The number of benzene rings is 1. The third-order valence-electron chi connectivity index (χ3n) is 2.71. The molecule has 2 rings (SSSR count). The number of hydrogen-bond acceptors (Lipinski definition) is 5. The quantitative estimate of drug-likeness (QED) is 0.852. The summed E-state index contributed by atoms with van der Waals surface area (Å²) in [5.74, 6) is 1.50. The van der Waals surface area contributed by atoms with Gasteiger partial charge < -0.3 is 14.6 Å². The lowest BCUT2D eigenvalue weighted by Gasteiger charge is -2.11. The van der Waals surface area contributed by atoms with Crippen LogP contribution in [0, 0.1) is 0 Å². The summed E-state index contributed by atoms with van der Waals surface area (Å²) in [6, 6.07) is 5.85. The van der Waals surface area contributed by atoms with Gasteiger partial charge in [0.1, 0.15) is 5.01 Å². The Hall–Kier alpha value is -1.59. The minimum Gasteiger partial charge on any atom is -0.490 e. The highest BCUT2D eigenvalue weighted by Crippen LogP contribution is 2.34. The first-order chi connectivity index (χ1) is 9.78. The molecule has 4 nitrogen and oxygen atoms in total. The second-order valence-corrected chi connectivity index (χ2v) is 5.00. The summed E-state index contributed by atoms with van der Waals surface area (Å²) in [4.78, 5) is 4.51. The van der Waals surface area contributed by atoms with Crippen LogP contribution in [0.3, 0.4) is 0 Å². The molecular formula is C15H19NO3S. The zero-order valence-electron chi connectivity index (χ0n) is 11.8. The van der Waals surface area contributed by atoms with Crippen LogP contribution in [0.2, 0.25) is 0 Å². The van der Waals surface area contributed by atoms with E-state index >= 15 is 0 Å². The van der Waals surface area contributed by atoms with Crippen molar-refractivity contribution >= 4 is 11.3 Å². The fraction of sp³-hybridized carbons (Fsp3) is 0.400. The molecule has 0 aliphatic carbocycles. The number of aliphatic hydroxyl groups is 1. The van der Waals surface area contributed by atoms with E-state index in [-0.39, 0.29) is 6.61 Å². The van der Waals surface area contributed by atoms with Crippen LogP contribution in [0.4, 0.5) is 0 Å². The van der Waals surface area contributed by atoms with Gasteiger partial charge in [-0.15, -0.1) is 11.3 Å². The van der Waals surface area contributed by atoms with Gasteiger partial charge >= 0.3 is 0 Å². The first kappa shape index (κ1) is 14.8. The molecule has 0 aliphatic heterocycles. The molecule has 20 heavy (non-hydrogen) atoms. The molecule has 0 amide bonds. The number of ether oxygens (including phenoxy) is 2. The van der Waals surface area contributed by atoms with Crippen molar-refractivity contribution in [2.45, 2.75) is 20.3 Å². The molecule has 0 unspecified atom stereocenters. The number of thiazole rings is 1. The van der Waals surface area contributed by atoms with E-state index in [2.05, 4.69) is 4.98 Å². The van der Waals surface area contributed by atoms with Crippen molar-refractivity contribution in [3.63, 3.8) is 0 Å². The average Bonchev–Trinajstić information content (AvgIpc) is 2.90. The van der Waals surface area contributed by atoms with Crippen LogP contribution in [0.15, 0.2) is 23.6 Å². The Morgan fingerprint density at radius 2 is 1.90 bits per heavy atom. The molecule has 0 radical (unpaired) electrons.